The van der Waals surface area contributed by atoms with Crippen LogP contribution in [-0.2, 0) is 0 Å². The average molecular weight is 193 g/mol. The Balaban J connectivity index is 3.19. The first-order valence-electron chi connectivity index (χ1n) is 4.60. The molecule has 0 fully saturated rings. The highest BCUT2D eigenvalue weighted by atomic mass is 16.5. The summed E-state index contributed by atoms with van der Waals surface area (Å²) in [7, 11) is 0. The second kappa shape index (κ2) is 4.13. The van der Waals surface area contributed by atoms with E-state index in [1.807, 2.05) is 13.8 Å². The normalized spacial score (nSPS) is 9.93. The molecule has 0 spiro atoms. The van der Waals surface area contributed by atoms with Gasteiger partial charge in [-0.1, -0.05) is 0 Å². The lowest BCUT2D eigenvalue weighted by Gasteiger charge is -2.11. The highest BCUT2D eigenvalue weighted by Crippen LogP contribution is 2.27. The van der Waals surface area contributed by atoms with Gasteiger partial charge >= 0.3 is 0 Å². The van der Waals surface area contributed by atoms with Crippen molar-refractivity contribution in [3.63, 3.8) is 0 Å². The summed E-state index contributed by atoms with van der Waals surface area (Å²) < 4.78 is 5.36. The van der Waals surface area contributed by atoms with E-state index >= 15 is 0 Å². The first-order valence-corrected chi connectivity index (χ1v) is 4.60. The lowest BCUT2D eigenvalue weighted by molar-refractivity contribution is 0.101. The number of ether oxygens (including phenoxy) is 1. The van der Waals surface area contributed by atoms with Crippen molar-refractivity contribution < 1.29 is 9.53 Å². The number of rotatable bonds is 3. The molecular weight excluding hydrogens is 178 g/mol. The Bertz CT molecular complexity index is 359. The Labute approximate surface area is 83.9 Å². The summed E-state index contributed by atoms with van der Waals surface area (Å²) in [5.74, 6) is 0.726. The Morgan fingerprint density at radius 3 is 2.64 bits per heavy atom. The lowest BCUT2D eigenvalue weighted by Crippen LogP contribution is -2.04. The van der Waals surface area contributed by atoms with Gasteiger partial charge in [0.05, 0.1) is 6.61 Å². The maximum absolute atomic E-state index is 11.2. The predicted molar refractivity (Wildman–Crippen MR) is 56.8 cm³/mol. The molecule has 0 saturated heterocycles. The zero-order chi connectivity index (χ0) is 10.7. The van der Waals surface area contributed by atoms with E-state index in [2.05, 4.69) is 0 Å². The van der Waals surface area contributed by atoms with Crippen LogP contribution in [0.1, 0.15) is 29.8 Å². The average Bonchev–Trinajstić information content (AvgIpc) is 2.13. The molecule has 1 aromatic carbocycles. The summed E-state index contributed by atoms with van der Waals surface area (Å²) >= 11 is 0. The zero-order valence-corrected chi connectivity index (χ0v) is 8.76. The maximum atomic E-state index is 11.2. The molecule has 3 heteroatoms. The number of nitrogens with two attached hydrogens (primary N) is 1. The number of hydrogen-bond donors (Lipinski definition) is 1. The third-order valence-electron chi connectivity index (χ3n) is 2.14. The molecule has 0 radical (unpaired) electrons. The van der Waals surface area contributed by atoms with Crippen LogP contribution >= 0.6 is 0 Å². The van der Waals surface area contributed by atoms with Gasteiger partial charge in [0.25, 0.3) is 0 Å². The van der Waals surface area contributed by atoms with Crippen LogP contribution in [0.5, 0.6) is 5.75 Å². The van der Waals surface area contributed by atoms with E-state index in [4.69, 9.17) is 10.5 Å². The second-order valence-corrected chi connectivity index (χ2v) is 3.14. The van der Waals surface area contributed by atoms with Crippen molar-refractivity contribution in [3.05, 3.63) is 23.3 Å². The van der Waals surface area contributed by atoms with E-state index in [-0.39, 0.29) is 5.78 Å². The molecule has 0 bridgehead atoms. The number of hydrogen-bond acceptors (Lipinski definition) is 3. The fraction of sp³-hybridized carbons (Fsp3) is 0.364. The van der Waals surface area contributed by atoms with Crippen molar-refractivity contribution in [3.8, 4) is 5.75 Å². The third-order valence-corrected chi connectivity index (χ3v) is 2.14. The fourth-order valence-electron chi connectivity index (χ4n) is 1.33. The van der Waals surface area contributed by atoms with Crippen molar-refractivity contribution in [2.45, 2.75) is 20.8 Å². The van der Waals surface area contributed by atoms with Gasteiger partial charge in [0.2, 0.25) is 0 Å². The van der Waals surface area contributed by atoms with E-state index in [0.717, 1.165) is 11.3 Å². The Hall–Kier alpha value is -1.51. The summed E-state index contributed by atoms with van der Waals surface area (Å²) in [6, 6.07) is 3.49. The van der Waals surface area contributed by atoms with Gasteiger partial charge in [0, 0.05) is 16.8 Å². The molecule has 1 aromatic rings. The monoisotopic (exact) mass is 193 g/mol. The maximum Gasteiger partial charge on any atom is 0.161 e. The Kier molecular flexibility index (Phi) is 3.12. The largest absolute Gasteiger partial charge is 0.494 e. The van der Waals surface area contributed by atoms with Crippen LogP contribution in [0.4, 0.5) is 5.69 Å². The van der Waals surface area contributed by atoms with E-state index in [9.17, 15) is 4.79 Å². The number of carbonyl (C=O) groups is 1. The molecule has 0 atom stereocenters. The van der Waals surface area contributed by atoms with Crippen molar-refractivity contribution in [2.24, 2.45) is 0 Å². The van der Waals surface area contributed by atoms with Crippen molar-refractivity contribution in [1.82, 2.24) is 0 Å². The van der Waals surface area contributed by atoms with Crippen LogP contribution in [0, 0.1) is 6.92 Å². The number of Topliss-reactive ketones (excluding diaryl/α,β-unsaturated/α-hetero) is 1. The van der Waals surface area contributed by atoms with Crippen LogP contribution in [0.2, 0.25) is 0 Å². The van der Waals surface area contributed by atoms with Crippen molar-refractivity contribution in [1.29, 1.82) is 0 Å². The van der Waals surface area contributed by atoms with E-state index in [1.165, 1.54) is 6.92 Å². The first-order chi connectivity index (χ1) is 6.57. The summed E-state index contributed by atoms with van der Waals surface area (Å²) in [4.78, 5) is 11.2. The predicted octanol–water partition coefficient (Wildman–Crippen LogP) is 2.18. The molecule has 0 aliphatic rings. The molecule has 1 rings (SSSR count). The minimum atomic E-state index is -0.0198. The lowest BCUT2D eigenvalue weighted by atomic mass is 10.0. The zero-order valence-electron chi connectivity index (χ0n) is 8.76. The van der Waals surface area contributed by atoms with Crippen LogP contribution in [-0.4, -0.2) is 12.4 Å². The molecule has 3 nitrogen and oxygen atoms in total. The molecular formula is C11H15NO2. The first kappa shape index (κ1) is 10.6. The van der Waals surface area contributed by atoms with Crippen LogP contribution < -0.4 is 10.5 Å². The quantitative estimate of drug-likeness (QED) is 0.591. The number of carbonyl (C=O) groups excluding carboxylic acids is 1. The van der Waals surface area contributed by atoms with Gasteiger partial charge in [0.1, 0.15) is 5.75 Å². The highest BCUT2D eigenvalue weighted by molar-refractivity contribution is 6.00. The molecule has 2 N–H and O–H groups in total. The van der Waals surface area contributed by atoms with Crippen LogP contribution in [0.3, 0.4) is 0 Å². The SMILES string of the molecule is CCOc1ccc(C(C)=O)c(N)c1C. The summed E-state index contributed by atoms with van der Waals surface area (Å²) in [6.07, 6.45) is 0. The standard InChI is InChI=1S/C11H15NO2/c1-4-14-10-6-5-9(8(3)13)11(12)7(10)2/h5-6H,4,12H2,1-3H3. The van der Waals surface area contributed by atoms with Crippen molar-refractivity contribution in [2.75, 3.05) is 12.3 Å². The smallest absolute Gasteiger partial charge is 0.161 e. The summed E-state index contributed by atoms with van der Waals surface area (Å²) in [5.41, 5.74) is 7.72. The van der Waals surface area contributed by atoms with Gasteiger partial charge < -0.3 is 10.5 Å². The van der Waals surface area contributed by atoms with E-state index < -0.39 is 0 Å². The minimum Gasteiger partial charge on any atom is -0.494 e. The van der Waals surface area contributed by atoms with E-state index in [1.54, 1.807) is 12.1 Å². The highest BCUT2D eigenvalue weighted by Gasteiger charge is 2.10. The van der Waals surface area contributed by atoms with Crippen LogP contribution in [0.15, 0.2) is 12.1 Å². The third kappa shape index (κ3) is 1.87. The number of benzene rings is 1. The topological polar surface area (TPSA) is 52.3 Å². The van der Waals surface area contributed by atoms with E-state index in [0.29, 0.717) is 17.9 Å². The number of anilines is 1. The molecule has 0 saturated carbocycles. The van der Waals surface area contributed by atoms with Crippen molar-refractivity contribution >= 4 is 11.5 Å². The minimum absolute atomic E-state index is 0.0198. The molecule has 0 aromatic heterocycles. The molecule has 0 amide bonds. The summed E-state index contributed by atoms with van der Waals surface area (Å²) in [6.45, 7) is 5.87. The van der Waals surface area contributed by atoms with Gasteiger partial charge in [-0.05, 0) is 32.9 Å². The molecule has 0 unspecified atom stereocenters. The molecule has 0 aliphatic carbocycles. The van der Waals surface area contributed by atoms with Gasteiger partial charge in [-0.25, -0.2) is 0 Å². The Morgan fingerprint density at radius 2 is 2.14 bits per heavy atom. The second-order valence-electron chi connectivity index (χ2n) is 3.14. The molecule has 0 aliphatic heterocycles. The number of ketones is 1. The van der Waals surface area contributed by atoms with Gasteiger partial charge in [-0.15, -0.1) is 0 Å². The Morgan fingerprint density at radius 1 is 1.50 bits per heavy atom. The van der Waals surface area contributed by atoms with Crippen LogP contribution in [0.25, 0.3) is 0 Å². The molecule has 14 heavy (non-hydrogen) atoms. The molecule has 76 valence electrons. The van der Waals surface area contributed by atoms with Gasteiger partial charge in [0.15, 0.2) is 5.78 Å². The fourth-order valence-corrected chi connectivity index (χ4v) is 1.33. The number of nitrogen functional groups attached to an aromatic ring is 1. The molecule has 0 heterocycles. The van der Waals surface area contributed by atoms with Gasteiger partial charge in [-0.2, -0.15) is 0 Å². The van der Waals surface area contributed by atoms with Gasteiger partial charge in [-0.3, -0.25) is 4.79 Å². The summed E-state index contributed by atoms with van der Waals surface area (Å²) in [5, 5.41) is 0.